The maximum Gasteiger partial charge on any atom is 0.347 e. The third-order valence-electron chi connectivity index (χ3n) is 4.78. The van der Waals surface area contributed by atoms with Crippen LogP contribution in [0.1, 0.15) is 30.4 Å². The van der Waals surface area contributed by atoms with E-state index < -0.39 is 42.0 Å². The second-order valence-electron chi connectivity index (χ2n) is 6.70. The van der Waals surface area contributed by atoms with Crippen LogP contribution in [0, 0.1) is 0 Å². The Bertz CT molecular complexity index is 937. The van der Waals surface area contributed by atoms with E-state index in [-0.39, 0.29) is 26.1 Å². The molecule has 1 saturated heterocycles. The first-order valence-electron chi connectivity index (χ1n) is 8.37. The average molecular weight is 402 g/mol. The summed E-state index contributed by atoms with van der Waals surface area (Å²) >= 11 is 5.76. The van der Waals surface area contributed by atoms with E-state index in [0.29, 0.717) is 10.7 Å². The molecule has 2 aliphatic heterocycles. The fourth-order valence-corrected chi connectivity index (χ4v) is 3.43. The van der Waals surface area contributed by atoms with Crippen LogP contribution in [0.2, 0.25) is 5.02 Å². The zero-order valence-electron chi connectivity index (χ0n) is 14.0. The van der Waals surface area contributed by atoms with Crippen LogP contribution in [0.5, 0.6) is 0 Å². The summed E-state index contributed by atoms with van der Waals surface area (Å²) in [5.74, 6) is -4.61. The molecule has 4 rings (SSSR count). The fraction of sp³-hybridized carbons (Fsp3) is 0.500. The van der Waals surface area contributed by atoms with Crippen LogP contribution in [0.3, 0.4) is 0 Å². The maximum atomic E-state index is 14.3. The molecule has 0 aliphatic carbocycles. The SMILES string of the molecule is O=C([C@@H]1CCC(F)(F)c2nn(Cc3ccc(Cl)cn3)c(=O)n21)N1CC(F)C1. The first kappa shape index (κ1) is 18.0. The van der Waals surface area contributed by atoms with Gasteiger partial charge in [-0.3, -0.25) is 14.3 Å². The van der Waals surface area contributed by atoms with Crippen LogP contribution in [-0.4, -0.2) is 49.4 Å². The summed E-state index contributed by atoms with van der Waals surface area (Å²) in [6.07, 6.45) is -0.562. The quantitative estimate of drug-likeness (QED) is 0.785. The first-order chi connectivity index (χ1) is 12.8. The van der Waals surface area contributed by atoms with Crippen molar-refractivity contribution >= 4 is 17.5 Å². The Balaban J connectivity index is 1.70. The minimum absolute atomic E-state index is 0.0847. The molecular formula is C16H15ClF3N5O2. The van der Waals surface area contributed by atoms with Crippen molar-refractivity contribution < 1.29 is 18.0 Å². The topological polar surface area (TPSA) is 73.0 Å². The van der Waals surface area contributed by atoms with Gasteiger partial charge in [-0.05, 0) is 18.6 Å². The lowest BCUT2D eigenvalue weighted by Gasteiger charge is -2.38. The zero-order valence-corrected chi connectivity index (χ0v) is 14.7. The van der Waals surface area contributed by atoms with Crippen molar-refractivity contribution in [2.75, 3.05) is 13.1 Å². The van der Waals surface area contributed by atoms with E-state index in [4.69, 9.17) is 11.6 Å². The molecule has 2 aliphatic rings. The normalized spacial score (nSPS) is 21.6. The van der Waals surface area contributed by atoms with Crippen molar-refractivity contribution in [2.24, 2.45) is 0 Å². The van der Waals surface area contributed by atoms with E-state index >= 15 is 0 Å². The molecule has 4 heterocycles. The van der Waals surface area contributed by atoms with Crippen LogP contribution in [0.4, 0.5) is 13.2 Å². The number of alkyl halides is 3. The summed E-state index contributed by atoms with van der Waals surface area (Å²) < 4.78 is 43.3. The second kappa shape index (κ2) is 6.36. The lowest BCUT2D eigenvalue weighted by Crippen LogP contribution is -2.55. The molecule has 0 N–H and O–H groups in total. The molecule has 0 spiro atoms. The molecule has 1 amide bonds. The molecule has 7 nitrogen and oxygen atoms in total. The Labute approximate surface area is 156 Å². The largest absolute Gasteiger partial charge is 0.347 e. The molecule has 1 fully saturated rings. The third kappa shape index (κ3) is 3.11. The molecular weight excluding hydrogens is 387 g/mol. The number of likely N-dealkylation sites (tertiary alicyclic amines) is 1. The van der Waals surface area contributed by atoms with Crippen LogP contribution in [-0.2, 0) is 17.3 Å². The summed E-state index contributed by atoms with van der Waals surface area (Å²) in [5, 5.41) is 4.17. The van der Waals surface area contributed by atoms with Crippen LogP contribution >= 0.6 is 11.6 Å². The minimum Gasteiger partial charge on any atom is -0.335 e. The second-order valence-corrected chi connectivity index (χ2v) is 7.14. The van der Waals surface area contributed by atoms with Gasteiger partial charge in [0, 0.05) is 12.6 Å². The van der Waals surface area contributed by atoms with Gasteiger partial charge in [0.1, 0.15) is 12.2 Å². The van der Waals surface area contributed by atoms with Crippen molar-refractivity contribution in [1.29, 1.82) is 0 Å². The number of hydrogen-bond acceptors (Lipinski definition) is 4. The number of carbonyl (C=O) groups excluding carboxylic acids is 1. The Morgan fingerprint density at radius 3 is 2.70 bits per heavy atom. The van der Waals surface area contributed by atoms with Crippen LogP contribution < -0.4 is 5.69 Å². The van der Waals surface area contributed by atoms with Gasteiger partial charge in [-0.25, -0.2) is 13.9 Å². The summed E-state index contributed by atoms with van der Waals surface area (Å²) in [4.78, 5) is 30.5. The predicted molar refractivity (Wildman–Crippen MR) is 88.5 cm³/mol. The van der Waals surface area contributed by atoms with Gasteiger partial charge < -0.3 is 4.90 Å². The summed E-state index contributed by atoms with van der Waals surface area (Å²) in [6, 6.07) is 2.00. The highest BCUT2D eigenvalue weighted by Gasteiger charge is 2.48. The summed E-state index contributed by atoms with van der Waals surface area (Å²) in [6.45, 7) is -0.305. The Hall–Kier alpha value is -2.36. The van der Waals surface area contributed by atoms with Crippen molar-refractivity contribution in [3.63, 3.8) is 0 Å². The fourth-order valence-electron chi connectivity index (χ4n) is 3.32. The van der Waals surface area contributed by atoms with Gasteiger partial charge in [0.2, 0.25) is 11.7 Å². The maximum absolute atomic E-state index is 14.3. The molecule has 2 aromatic heterocycles. The van der Waals surface area contributed by atoms with Gasteiger partial charge in [-0.1, -0.05) is 11.6 Å². The molecule has 0 aromatic carbocycles. The van der Waals surface area contributed by atoms with Crippen molar-refractivity contribution in [1.82, 2.24) is 24.2 Å². The Morgan fingerprint density at radius 1 is 1.33 bits per heavy atom. The van der Waals surface area contributed by atoms with Crippen molar-refractivity contribution in [3.05, 3.63) is 45.4 Å². The van der Waals surface area contributed by atoms with Gasteiger partial charge in [-0.15, -0.1) is 5.10 Å². The van der Waals surface area contributed by atoms with Crippen LogP contribution in [0.15, 0.2) is 23.1 Å². The lowest BCUT2D eigenvalue weighted by molar-refractivity contribution is -0.145. The van der Waals surface area contributed by atoms with Gasteiger partial charge in [0.15, 0.2) is 0 Å². The molecule has 1 atom stereocenters. The number of nitrogens with zero attached hydrogens (tertiary/aromatic N) is 5. The van der Waals surface area contributed by atoms with E-state index in [1.165, 1.54) is 11.1 Å². The number of rotatable bonds is 3. The average Bonchev–Trinajstić information content (AvgIpc) is 2.92. The third-order valence-corrected chi connectivity index (χ3v) is 5.00. The van der Waals surface area contributed by atoms with E-state index in [1.54, 1.807) is 12.1 Å². The molecule has 27 heavy (non-hydrogen) atoms. The number of carbonyl (C=O) groups is 1. The number of fused-ring (bicyclic) bond motifs is 1. The molecule has 0 saturated carbocycles. The van der Waals surface area contributed by atoms with Crippen molar-refractivity contribution in [2.45, 2.75) is 37.5 Å². The summed E-state index contributed by atoms with van der Waals surface area (Å²) in [7, 11) is 0. The monoisotopic (exact) mass is 401 g/mol. The van der Waals surface area contributed by atoms with Crippen molar-refractivity contribution in [3.8, 4) is 0 Å². The Morgan fingerprint density at radius 2 is 2.07 bits per heavy atom. The number of aromatic nitrogens is 4. The van der Waals surface area contributed by atoms with Gasteiger partial charge in [-0.2, -0.15) is 8.78 Å². The van der Waals surface area contributed by atoms with E-state index in [1.807, 2.05) is 0 Å². The molecule has 11 heteroatoms. The summed E-state index contributed by atoms with van der Waals surface area (Å²) in [5.41, 5.74) is -0.414. The smallest absolute Gasteiger partial charge is 0.335 e. The number of halogens is 4. The number of hydrogen-bond donors (Lipinski definition) is 0. The minimum atomic E-state index is -3.33. The van der Waals surface area contributed by atoms with Crippen LogP contribution in [0.25, 0.3) is 0 Å². The molecule has 144 valence electrons. The lowest BCUT2D eigenvalue weighted by atomic mass is 9.99. The number of pyridine rings is 1. The highest BCUT2D eigenvalue weighted by Crippen LogP contribution is 2.40. The molecule has 0 bridgehead atoms. The van der Waals surface area contributed by atoms with E-state index in [2.05, 4.69) is 10.1 Å². The Kier molecular flexibility index (Phi) is 4.25. The van der Waals surface area contributed by atoms with E-state index in [9.17, 15) is 22.8 Å². The van der Waals surface area contributed by atoms with Gasteiger partial charge in [0.05, 0.1) is 30.4 Å². The highest BCUT2D eigenvalue weighted by atomic mass is 35.5. The standard InChI is InChI=1S/C16H15ClF3N5O2/c17-9-1-2-11(21-5-9)8-24-15(27)25-12(13(26)23-6-10(18)7-23)3-4-16(19,20)14(25)22-24/h1-2,5,10,12H,3-4,6-8H2/t12-/m0/s1. The molecule has 0 radical (unpaired) electrons. The van der Waals surface area contributed by atoms with Gasteiger partial charge >= 0.3 is 11.6 Å². The predicted octanol–water partition coefficient (Wildman–Crippen LogP) is 1.75. The highest BCUT2D eigenvalue weighted by molar-refractivity contribution is 6.30. The van der Waals surface area contributed by atoms with Gasteiger partial charge in [0.25, 0.3) is 0 Å². The number of amides is 1. The zero-order chi connectivity index (χ0) is 19.3. The first-order valence-corrected chi connectivity index (χ1v) is 8.75. The molecule has 0 unspecified atom stereocenters. The van der Waals surface area contributed by atoms with E-state index in [0.717, 1.165) is 9.25 Å². The molecule has 2 aromatic rings.